The fourth-order valence-electron chi connectivity index (χ4n) is 5.23. The monoisotopic (exact) mass is 548 g/mol. The molecule has 4 atom stereocenters. The highest BCUT2D eigenvalue weighted by Crippen LogP contribution is 2.29. The number of nitrogens with one attached hydrogen (secondary N) is 4. The van der Waals surface area contributed by atoms with Crippen molar-refractivity contribution in [2.45, 2.75) is 116 Å². The molecule has 4 N–H and O–H groups in total. The minimum atomic E-state index is -1.02. The van der Waals surface area contributed by atoms with Crippen LogP contribution >= 0.6 is 0 Å². The van der Waals surface area contributed by atoms with E-state index in [-0.39, 0.29) is 30.3 Å². The van der Waals surface area contributed by atoms with Gasteiger partial charge in [-0.1, -0.05) is 33.1 Å². The van der Waals surface area contributed by atoms with Crippen molar-refractivity contribution in [2.75, 3.05) is 20.1 Å². The molecule has 1 aliphatic carbocycles. The van der Waals surface area contributed by atoms with Crippen molar-refractivity contribution >= 4 is 35.8 Å². The first-order chi connectivity index (χ1) is 18.7. The molecule has 0 aromatic carbocycles. The Kier molecular flexibility index (Phi) is 13.9. The van der Waals surface area contributed by atoms with Gasteiger partial charge in [0.05, 0.1) is 6.04 Å². The number of rotatable bonds is 14. The lowest BCUT2D eigenvalue weighted by Crippen LogP contribution is -2.59. The third-order valence-corrected chi connectivity index (χ3v) is 7.66. The summed E-state index contributed by atoms with van der Waals surface area (Å²) >= 11 is 0. The molecule has 1 heterocycles. The molecule has 11 nitrogen and oxygen atoms in total. The summed E-state index contributed by atoms with van der Waals surface area (Å²) in [5, 5.41) is 11.1. The van der Waals surface area contributed by atoms with Crippen LogP contribution in [0.4, 0.5) is 4.79 Å². The van der Waals surface area contributed by atoms with E-state index < -0.39 is 35.7 Å². The van der Waals surface area contributed by atoms with E-state index >= 15 is 0 Å². The number of likely N-dealkylation sites (tertiary alicyclic amines) is 1. The molecule has 2 aliphatic rings. The Hall–Kier alpha value is -2.98. The molecule has 0 spiro atoms. The van der Waals surface area contributed by atoms with Crippen molar-refractivity contribution in [2.24, 2.45) is 10.9 Å². The van der Waals surface area contributed by atoms with Gasteiger partial charge in [0.25, 0.3) is 5.91 Å². The summed E-state index contributed by atoms with van der Waals surface area (Å²) in [4.78, 5) is 70.7. The number of nitrogens with zero attached hydrogens (tertiary/aromatic N) is 2. The highest BCUT2D eigenvalue weighted by Gasteiger charge is 2.41. The predicted molar refractivity (Wildman–Crippen MR) is 150 cm³/mol. The van der Waals surface area contributed by atoms with Crippen LogP contribution in [0.1, 0.15) is 91.4 Å². The number of carbonyl (C=O) groups excluding carboxylic acids is 5. The van der Waals surface area contributed by atoms with Crippen molar-refractivity contribution in [3.63, 3.8) is 0 Å². The minimum Gasteiger partial charge on any atom is -0.349 e. The maximum Gasteiger partial charge on any atom is 0.315 e. The SMILES string of the molecule is CCCNC(=O)C(=O)C(CCC=NC)NC(=O)C1CCCN1C(=O)C(NC(=O)NC(C)CC)C1CCCCC1. The quantitative estimate of drug-likeness (QED) is 0.194. The van der Waals surface area contributed by atoms with E-state index in [0.29, 0.717) is 38.8 Å². The second-order valence-electron chi connectivity index (χ2n) is 10.7. The van der Waals surface area contributed by atoms with Crippen LogP contribution < -0.4 is 21.3 Å². The normalized spacial score (nSPS) is 20.2. The lowest BCUT2D eigenvalue weighted by molar-refractivity contribution is -0.143. The van der Waals surface area contributed by atoms with Gasteiger partial charge >= 0.3 is 6.03 Å². The molecular weight excluding hydrogens is 500 g/mol. The number of urea groups is 1. The summed E-state index contributed by atoms with van der Waals surface area (Å²) in [5.41, 5.74) is 0. The van der Waals surface area contributed by atoms with E-state index in [1.165, 1.54) is 0 Å². The topological polar surface area (TPSA) is 149 Å². The lowest BCUT2D eigenvalue weighted by Gasteiger charge is -2.35. The molecule has 220 valence electrons. The summed E-state index contributed by atoms with van der Waals surface area (Å²) in [7, 11) is 1.62. The average molecular weight is 549 g/mol. The van der Waals surface area contributed by atoms with E-state index in [0.717, 1.165) is 38.5 Å². The summed E-state index contributed by atoms with van der Waals surface area (Å²) in [6.07, 6.45) is 9.60. The van der Waals surface area contributed by atoms with E-state index in [1.54, 1.807) is 18.2 Å². The van der Waals surface area contributed by atoms with Crippen LogP contribution in [0.25, 0.3) is 0 Å². The van der Waals surface area contributed by atoms with Crippen LogP contribution in [0.5, 0.6) is 0 Å². The molecule has 4 unspecified atom stereocenters. The van der Waals surface area contributed by atoms with Crippen molar-refractivity contribution in [3.05, 3.63) is 0 Å². The van der Waals surface area contributed by atoms with E-state index in [4.69, 9.17) is 0 Å². The zero-order valence-electron chi connectivity index (χ0n) is 24.1. The first-order valence-electron chi connectivity index (χ1n) is 14.6. The Bertz CT molecular complexity index is 873. The molecule has 1 aliphatic heterocycles. The van der Waals surface area contributed by atoms with Gasteiger partial charge in [-0.05, 0) is 70.4 Å². The van der Waals surface area contributed by atoms with Gasteiger partial charge in [-0.3, -0.25) is 19.2 Å². The second-order valence-corrected chi connectivity index (χ2v) is 10.7. The number of ketones is 1. The lowest BCUT2D eigenvalue weighted by atomic mass is 9.83. The number of aliphatic imine (C=N–C) groups is 1. The highest BCUT2D eigenvalue weighted by molar-refractivity contribution is 6.38. The molecule has 2 fully saturated rings. The third-order valence-electron chi connectivity index (χ3n) is 7.66. The number of amides is 5. The molecule has 11 heteroatoms. The molecule has 0 aromatic rings. The summed E-state index contributed by atoms with van der Waals surface area (Å²) < 4.78 is 0. The van der Waals surface area contributed by atoms with Gasteiger partial charge in [0.1, 0.15) is 12.1 Å². The number of hydrogen-bond acceptors (Lipinski definition) is 6. The van der Waals surface area contributed by atoms with Crippen molar-refractivity contribution in [1.29, 1.82) is 0 Å². The molecule has 0 bridgehead atoms. The van der Waals surface area contributed by atoms with Gasteiger partial charge in [0.2, 0.25) is 17.6 Å². The van der Waals surface area contributed by atoms with Crippen LogP contribution in [0, 0.1) is 5.92 Å². The van der Waals surface area contributed by atoms with Crippen molar-refractivity contribution in [3.8, 4) is 0 Å². The van der Waals surface area contributed by atoms with Crippen molar-refractivity contribution < 1.29 is 24.0 Å². The molecule has 0 radical (unpaired) electrons. The number of carbonyl (C=O) groups is 5. The highest BCUT2D eigenvalue weighted by atomic mass is 16.2. The minimum absolute atomic E-state index is 0.00293. The van der Waals surface area contributed by atoms with Gasteiger partial charge in [-0.25, -0.2) is 4.79 Å². The van der Waals surface area contributed by atoms with E-state index in [9.17, 15) is 24.0 Å². The van der Waals surface area contributed by atoms with Crippen molar-refractivity contribution in [1.82, 2.24) is 26.2 Å². The maximum absolute atomic E-state index is 13.9. The van der Waals surface area contributed by atoms with Gasteiger partial charge in [-0.2, -0.15) is 0 Å². The summed E-state index contributed by atoms with van der Waals surface area (Å²) in [6.45, 7) is 6.53. The molecule has 5 amide bonds. The van der Waals surface area contributed by atoms with Crippen LogP contribution in [0.3, 0.4) is 0 Å². The van der Waals surface area contributed by atoms with Crippen LogP contribution in [0.15, 0.2) is 4.99 Å². The van der Waals surface area contributed by atoms with Crippen LogP contribution in [-0.4, -0.2) is 85.0 Å². The Morgan fingerprint density at radius 1 is 0.974 bits per heavy atom. The smallest absolute Gasteiger partial charge is 0.315 e. The summed E-state index contributed by atoms with van der Waals surface area (Å²) in [5.74, 6) is -2.16. The Morgan fingerprint density at radius 3 is 2.33 bits per heavy atom. The zero-order chi connectivity index (χ0) is 28.8. The first-order valence-corrected chi connectivity index (χ1v) is 14.6. The largest absolute Gasteiger partial charge is 0.349 e. The standard InChI is InChI=1S/C28H48N6O5/c1-5-16-30-26(37)24(35)21(14-10-17-29-4)32-25(36)22-15-11-18-34(22)27(38)23(20-12-8-7-9-13-20)33-28(39)31-19(3)6-2/h17,19-23H,5-16,18H2,1-4H3,(H,30,37)(H,32,36)(H2,31,33,39). The molecule has 1 saturated heterocycles. The molecule has 1 saturated carbocycles. The molecule has 39 heavy (non-hydrogen) atoms. The molecular formula is C28H48N6O5. The summed E-state index contributed by atoms with van der Waals surface area (Å²) in [6, 6.07) is -2.91. The van der Waals surface area contributed by atoms with Gasteiger partial charge in [0.15, 0.2) is 0 Å². The first kappa shape index (κ1) is 32.2. The van der Waals surface area contributed by atoms with E-state index in [1.807, 2.05) is 20.8 Å². The Morgan fingerprint density at radius 2 is 1.69 bits per heavy atom. The number of Topliss-reactive ketones (excluding diaryl/α,β-unsaturated/α-hetero) is 1. The Balaban J connectivity index is 2.18. The van der Waals surface area contributed by atoms with Gasteiger partial charge in [0, 0.05) is 26.2 Å². The molecule has 0 aromatic heterocycles. The fourth-order valence-corrected chi connectivity index (χ4v) is 5.23. The number of hydrogen-bond donors (Lipinski definition) is 4. The molecule has 2 rings (SSSR count). The van der Waals surface area contributed by atoms with Crippen LogP contribution in [0.2, 0.25) is 0 Å². The van der Waals surface area contributed by atoms with Gasteiger partial charge in [-0.15, -0.1) is 0 Å². The Labute approximate surface area is 232 Å². The maximum atomic E-state index is 13.9. The fraction of sp³-hybridized carbons (Fsp3) is 0.786. The third kappa shape index (κ3) is 9.93. The average Bonchev–Trinajstić information content (AvgIpc) is 3.44. The second kappa shape index (κ2) is 16.9. The van der Waals surface area contributed by atoms with Gasteiger partial charge < -0.3 is 31.2 Å². The predicted octanol–water partition coefficient (Wildman–Crippen LogP) is 2.08. The zero-order valence-corrected chi connectivity index (χ0v) is 24.1. The van der Waals surface area contributed by atoms with Crippen LogP contribution in [-0.2, 0) is 19.2 Å². The van der Waals surface area contributed by atoms with E-state index in [2.05, 4.69) is 26.3 Å².